The average molecular weight is 505 g/mol. The summed E-state index contributed by atoms with van der Waals surface area (Å²) in [5, 5.41) is 10.3. The quantitative estimate of drug-likeness (QED) is 0.222. The Morgan fingerprint density at radius 2 is 2.03 bits per heavy atom. The zero-order valence-corrected chi connectivity index (χ0v) is 22.4. The third-order valence-corrected chi connectivity index (χ3v) is 8.20. The Balaban J connectivity index is 2.02. The molecule has 3 rings (SSSR count). The van der Waals surface area contributed by atoms with Gasteiger partial charge >= 0.3 is 5.97 Å². The van der Waals surface area contributed by atoms with E-state index in [1.54, 1.807) is 22.0 Å². The van der Waals surface area contributed by atoms with Gasteiger partial charge < -0.3 is 24.4 Å². The lowest BCUT2D eigenvalue weighted by Crippen LogP contribution is -2.60. The zero-order chi connectivity index (χ0) is 26.6. The van der Waals surface area contributed by atoms with Crippen LogP contribution < -0.4 is 0 Å². The second kappa shape index (κ2) is 11.9. The monoisotopic (exact) mass is 504 g/mol. The molecule has 1 spiro atoms. The number of likely N-dealkylation sites (tertiary alicyclic amines) is 1. The van der Waals surface area contributed by atoms with Crippen LogP contribution in [0.5, 0.6) is 0 Å². The Labute approximate surface area is 215 Å². The smallest absolute Gasteiger partial charge is 0.312 e. The minimum absolute atomic E-state index is 0.0521. The lowest BCUT2D eigenvalue weighted by molar-refractivity contribution is -0.157. The number of amides is 2. The maximum absolute atomic E-state index is 14.3. The van der Waals surface area contributed by atoms with Gasteiger partial charge in [-0.3, -0.25) is 14.4 Å². The van der Waals surface area contributed by atoms with Gasteiger partial charge in [-0.05, 0) is 44.9 Å². The van der Waals surface area contributed by atoms with Gasteiger partial charge in [-0.2, -0.15) is 0 Å². The molecule has 0 aliphatic carbocycles. The van der Waals surface area contributed by atoms with E-state index in [9.17, 15) is 19.5 Å². The molecule has 202 valence electrons. The third kappa shape index (κ3) is 4.86. The van der Waals surface area contributed by atoms with Gasteiger partial charge in [-0.25, -0.2) is 0 Å². The van der Waals surface area contributed by atoms with Crippen molar-refractivity contribution in [3.05, 3.63) is 25.3 Å². The number of hydrogen-bond donors (Lipinski definition) is 1. The van der Waals surface area contributed by atoms with E-state index >= 15 is 0 Å². The number of esters is 1. The van der Waals surface area contributed by atoms with Gasteiger partial charge in [0.1, 0.15) is 11.6 Å². The number of aliphatic hydroxyl groups excluding tert-OH is 1. The van der Waals surface area contributed by atoms with E-state index in [1.165, 1.54) is 0 Å². The van der Waals surface area contributed by atoms with Crippen LogP contribution in [0.4, 0.5) is 0 Å². The van der Waals surface area contributed by atoms with Crippen LogP contribution in [0.1, 0.15) is 66.2 Å². The van der Waals surface area contributed by atoms with E-state index in [2.05, 4.69) is 20.1 Å². The zero-order valence-electron chi connectivity index (χ0n) is 22.4. The highest BCUT2D eigenvalue weighted by Crippen LogP contribution is 2.59. The minimum atomic E-state index is -1.10. The highest BCUT2D eigenvalue weighted by molar-refractivity contribution is 5.98. The molecule has 7 atom stereocenters. The molecule has 0 aromatic rings. The van der Waals surface area contributed by atoms with Crippen LogP contribution in [0, 0.1) is 17.8 Å². The molecule has 0 aromatic carbocycles. The molecule has 3 unspecified atom stereocenters. The van der Waals surface area contributed by atoms with Crippen LogP contribution in [-0.2, 0) is 23.9 Å². The Kier molecular flexibility index (Phi) is 9.39. The average Bonchev–Trinajstić information content (AvgIpc) is 3.48. The van der Waals surface area contributed by atoms with Gasteiger partial charge in [-0.15, -0.1) is 13.2 Å². The van der Waals surface area contributed by atoms with Crippen molar-refractivity contribution >= 4 is 17.8 Å². The van der Waals surface area contributed by atoms with Crippen LogP contribution in [0.3, 0.4) is 0 Å². The summed E-state index contributed by atoms with van der Waals surface area (Å²) in [6.07, 6.45) is 7.24. The Morgan fingerprint density at radius 3 is 2.61 bits per heavy atom. The molecular weight excluding hydrogens is 460 g/mol. The maximum Gasteiger partial charge on any atom is 0.312 e. The summed E-state index contributed by atoms with van der Waals surface area (Å²) in [5.74, 6) is -2.57. The molecule has 3 aliphatic rings. The van der Waals surface area contributed by atoms with Crippen LogP contribution in [0.25, 0.3) is 0 Å². The molecule has 0 radical (unpaired) electrons. The molecular formula is C28H44N2O6. The predicted octanol–water partition coefficient (Wildman–Crippen LogP) is 3.09. The van der Waals surface area contributed by atoms with Crippen molar-refractivity contribution < 1.29 is 29.0 Å². The highest BCUT2D eigenvalue weighted by atomic mass is 16.6. The van der Waals surface area contributed by atoms with Crippen LogP contribution in [0.15, 0.2) is 25.3 Å². The fourth-order valence-electron chi connectivity index (χ4n) is 6.47. The summed E-state index contributed by atoms with van der Waals surface area (Å²) in [6.45, 7) is 15.8. The number of allylic oxidation sites excluding steroid dienone is 1. The topological polar surface area (TPSA) is 96.4 Å². The maximum atomic E-state index is 14.3. The number of hydrogen-bond acceptors (Lipinski definition) is 6. The first kappa shape index (κ1) is 28.4. The van der Waals surface area contributed by atoms with Crippen LogP contribution in [0.2, 0.25) is 0 Å². The number of carbonyl (C=O) groups is 3. The second-order valence-electron chi connectivity index (χ2n) is 10.8. The summed E-state index contributed by atoms with van der Waals surface area (Å²) in [7, 11) is 0. The molecule has 2 bridgehead atoms. The number of rotatable bonds is 14. The third-order valence-electron chi connectivity index (χ3n) is 8.20. The van der Waals surface area contributed by atoms with Crippen LogP contribution >= 0.6 is 0 Å². The van der Waals surface area contributed by atoms with Crippen molar-refractivity contribution in [1.82, 2.24) is 9.80 Å². The van der Waals surface area contributed by atoms with E-state index in [4.69, 9.17) is 9.47 Å². The number of fused-ring (bicyclic) bond motifs is 1. The lowest BCUT2D eigenvalue weighted by Gasteiger charge is -2.41. The van der Waals surface area contributed by atoms with Gasteiger partial charge in [0.25, 0.3) is 0 Å². The normalized spacial score (nSPS) is 30.3. The first-order valence-electron chi connectivity index (χ1n) is 13.5. The lowest BCUT2D eigenvalue weighted by atomic mass is 9.70. The van der Waals surface area contributed by atoms with Crippen molar-refractivity contribution in [2.45, 2.75) is 96.1 Å². The number of unbranched alkanes of at least 4 members (excludes halogenated alkanes) is 1. The molecule has 0 saturated carbocycles. The van der Waals surface area contributed by atoms with Crippen molar-refractivity contribution in [3.63, 3.8) is 0 Å². The molecule has 3 aliphatic heterocycles. The number of carbonyl (C=O) groups excluding carboxylic acids is 3. The van der Waals surface area contributed by atoms with Crippen molar-refractivity contribution in [1.29, 1.82) is 0 Å². The molecule has 3 heterocycles. The van der Waals surface area contributed by atoms with E-state index < -0.39 is 41.6 Å². The highest BCUT2D eigenvalue weighted by Gasteiger charge is 2.75. The van der Waals surface area contributed by atoms with E-state index in [0.29, 0.717) is 25.8 Å². The first-order valence-corrected chi connectivity index (χ1v) is 13.5. The number of ether oxygens (including phenoxy) is 2. The van der Waals surface area contributed by atoms with Gasteiger partial charge in [0.15, 0.2) is 0 Å². The molecule has 2 amide bonds. The summed E-state index contributed by atoms with van der Waals surface area (Å²) < 4.78 is 12.0. The minimum Gasteiger partial charge on any atom is -0.465 e. The van der Waals surface area contributed by atoms with Crippen LogP contribution in [-0.4, -0.2) is 82.3 Å². The SMILES string of the molecule is C=CCCCOC(=O)[C@@H]1[C@@H]2CCC3(O2)C(C(=O)N(CC=C)C(C)CCC)N([C@@H](CO)C(C)C)C(=O)[C@H]13. The predicted molar refractivity (Wildman–Crippen MR) is 137 cm³/mol. The standard InChI is InChI=1S/C28H44N2O6/c1-7-10-11-16-35-27(34)22-21-13-14-28(36-21)23(22)25(32)30(20(17-31)18(4)5)24(28)26(33)29(15-9-3)19(6)12-8-2/h7,9,18-24,31H,1,3,8,10-17H2,2,4-6H3/t19?,20-,21-,22+,23-,24?,28?/m0/s1. The Bertz CT molecular complexity index is 844. The fourth-order valence-corrected chi connectivity index (χ4v) is 6.47. The van der Waals surface area contributed by atoms with Gasteiger partial charge in [0, 0.05) is 12.6 Å². The van der Waals surface area contributed by atoms with Gasteiger partial charge in [-0.1, -0.05) is 39.3 Å². The summed E-state index contributed by atoms with van der Waals surface area (Å²) in [5.41, 5.74) is -1.10. The largest absolute Gasteiger partial charge is 0.465 e. The van der Waals surface area contributed by atoms with Gasteiger partial charge in [0.05, 0.1) is 37.2 Å². The van der Waals surface area contributed by atoms with Crippen molar-refractivity contribution in [3.8, 4) is 0 Å². The summed E-state index contributed by atoms with van der Waals surface area (Å²) >= 11 is 0. The molecule has 8 heteroatoms. The Hall–Kier alpha value is -2.19. The van der Waals surface area contributed by atoms with E-state index in [1.807, 2.05) is 20.8 Å². The Morgan fingerprint density at radius 1 is 1.31 bits per heavy atom. The molecule has 3 fully saturated rings. The number of nitrogens with zero attached hydrogens (tertiary/aromatic N) is 2. The van der Waals surface area contributed by atoms with E-state index in [-0.39, 0.29) is 37.0 Å². The summed E-state index contributed by atoms with van der Waals surface area (Å²) in [6, 6.07) is -1.52. The molecule has 0 aromatic heterocycles. The first-order chi connectivity index (χ1) is 17.2. The summed E-state index contributed by atoms with van der Waals surface area (Å²) in [4.78, 5) is 44.9. The second-order valence-corrected chi connectivity index (χ2v) is 10.8. The van der Waals surface area contributed by atoms with Crippen molar-refractivity contribution in [2.75, 3.05) is 19.8 Å². The van der Waals surface area contributed by atoms with E-state index in [0.717, 1.165) is 19.3 Å². The molecule has 36 heavy (non-hydrogen) atoms. The fraction of sp³-hybridized carbons (Fsp3) is 0.750. The van der Waals surface area contributed by atoms with Gasteiger partial charge in [0.2, 0.25) is 11.8 Å². The molecule has 8 nitrogen and oxygen atoms in total. The number of aliphatic hydroxyl groups is 1. The molecule has 1 N–H and O–H groups in total. The van der Waals surface area contributed by atoms with Crippen molar-refractivity contribution in [2.24, 2.45) is 17.8 Å². The molecule has 3 saturated heterocycles.